The molecule has 0 aliphatic heterocycles. The van der Waals surface area contributed by atoms with Gasteiger partial charge in [0.1, 0.15) is 11.6 Å². The SMILES string of the molecule is CC(C)(NC(=O)NCC1CCC(F)(F)CC1)C(=O)N[C@H](Cc1ccccc1)C(=O)C(=O)NCc1ccccn1. The number of nitrogens with zero attached hydrogens (tertiary/aromatic N) is 1. The summed E-state index contributed by atoms with van der Waals surface area (Å²) in [4.78, 5) is 55.5. The van der Waals surface area contributed by atoms with Crippen LogP contribution in [0.15, 0.2) is 54.7 Å². The smallest absolute Gasteiger partial charge is 0.315 e. The van der Waals surface area contributed by atoms with E-state index in [1.165, 1.54) is 13.8 Å². The van der Waals surface area contributed by atoms with Crippen molar-refractivity contribution < 1.29 is 28.0 Å². The molecule has 4 amide bonds. The Hall–Kier alpha value is -3.89. The first kappa shape index (κ1) is 29.7. The van der Waals surface area contributed by atoms with Gasteiger partial charge in [-0.25, -0.2) is 13.6 Å². The average Bonchev–Trinajstić information content (AvgIpc) is 2.91. The number of carbonyl (C=O) groups excluding carboxylic acids is 4. The molecule has 2 aromatic rings. The van der Waals surface area contributed by atoms with Crippen molar-refractivity contribution in [2.45, 2.75) is 70.0 Å². The van der Waals surface area contributed by atoms with Crippen molar-refractivity contribution in [2.24, 2.45) is 5.92 Å². The lowest BCUT2D eigenvalue weighted by molar-refractivity contribution is -0.140. The molecule has 0 saturated heterocycles. The fourth-order valence-corrected chi connectivity index (χ4v) is 4.24. The highest BCUT2D eigenvalue weighted by atomic mass is 19.3. The van der Waals surface area contributed by atoms with Crippen molar-refractivity contribution in [3.05, 3.63) is 66.0 Å². The Labute approximate surface area is 226 Å². The van der Waals surface area contributed by atoms with Crippen molar-refractivity contribution >= 4 is 23.6 Å². The monoisotopic (exact) mass is 543 g/mol. The highest BCUT2D eigenvalue weighted by molar-refractivity contribution is 6.38. The van der Waals surface area contributed by atoms with E-state index in [1.807, 2.05) is 6.07 Å². The van der Waals surface area contributed by atoms with Gasteiger partial charge in [0.2, 0.25) is 17.6 Å². The van der Waals surface area contributed by atoms with E-state index >= 15 is 0 Å². The average molecular weight is 544 g/mol. The molecule has 39 heavy (non-hydrogen) atoms. The van der Waals surface area contributed by atoms with E-state index in [1.54, 1.807) is 48.7 Å². The molecular weight excluding hydrogens is 508 g/mol. The van der Waals surface area contributed by atoms with Gasteiger partial charge in [0.05, 0.1) is 12.2 Å². The summed E-state index contributed by atoms with van der Waals surface area (Å²) >= 11 is 0. The number of ketones is 1. The number of alkyl halides is 2. The normalized spacial score (nSPS) is 16.0. The molecule has 9 nitrogen and oxygen atoms in total. The molecule has 1 atom stereocenters. The van der Waals surface area contributed by atoms with Crippen molar-refractivity contribution in [1.29, 1.82) is 0 Å². The maximum atomic E-state index is 13.4. The zero-order chi connectivity index (χ0) is 28.5. The zero-order valence-corrected chi connectivity index (χ0v) is 22.1. The highest BCUT2D eigenvalue weighted by Crippen LogP contribution is 2.35. The van der Waals surface area contributed by atoms with Crippen molar-refractivity contribution in [2.75, 3.05) is 6.54 Å². The number of hydrogen-bond donors (Lipinski definition) is 4. The number of rotatable bonds is 11. The second kappa shape index (κ2) is 13.3. The van der Waals surface area contributed by atoms with Gasteiger partial charge >= 0.3 is 6.03 Å². The number of nitrogens with one attached hydrogen (secondary N) is 4. The Morgan fingerprint density at radius 3 is 2.31 bits per heavy atom. The van der Waals surface area contributed by atoms with Crippen LogP contribution in [0.25, 0.3) is 0 Å². The Kier molecular flexibility index (Phi) is 10.1. The Balaban J connectivity index is 1.59. The topological polar surface area (TPSA) is 129 Å². The number of benzene rings is 1. The minimum Gasteiger partial charge on any atom is -0.344 e. The second-order valence-corrected chi connectivity index (χ2v) is 10.3. The van der Waals surface area contributed by atoms with Crippen molar-refractivity contribution in [3.63, 3.8) is 0 Å². The minimum absolute atomic E-state index is 0.0449. The number of amides is 4. The molecule has 0 unspecified atom stereocenters. The number of Topliss-reactive ketones (excluding diaryl/α,β-unsaturated/α-hetero) is 1. The molecule has 4 N–H and O–H groups in total. The lowest BCUT2D eigenvalue weighted by atomic mass is 9.87. The predicted octanol–water partition coefficient (Wildman–Crippen LogP) is 2.90. The lowest BCUT2D eigenvalue weighted by Crippen LogP contribution is -2.61. The molecule has 1 aliphatic carbocycles. The Morgan fingerprint density at radius 1 is 1.00 bits per heavy atom. The molecule has 0 bridgehead atoms. The summed E-state index contributed by atoms with van der Waals surface area (Å²) in [6.07, 6.45) is 1.84. The van der Waals surface area contributed by atoms with Crippen LogP contribution in [0.2, 0.25) is 0 Å². The van der Waals surface area contributed by atoms with Gasteiger partial charge in [0.25, 0.3) is 5.91 Å². The van der Waals surface area contributed by atoms with Gasteiger partial charge in [-0.2, -0.15) is 0 Å². The number of urea groups is 1. The van der Waals surface area contributed by atoms with Crippen LogP contribution in [0.4, 0.5) is 13.6 Å². The summed E-state index contributed by atoms with van der Waals surface area (Å²) < 4.78 is 26.7. The minimum atomic E-state index is -2.65. The van der Waals surface area contributed by atoms with E-state index in [4.69, 9.17) is 0 Å². The van der Waals surface area contributed by atoms with Crippen molar-refractivity contribution in [3.8, 4) is 0 Å². The van der Waals surface area contributed by atoms with Crippen LogP contribution in [0.3, 0.4) is 0 Å². The quantitative estimate of drug-likeness (QED) is 0.324. The molecule has 210 valence electrons. The molecule has 1 saturated carbocycles. The summed E-state index contributed by atoms with van der Waals surface area (Å²) in [5, 5.41) is 10.4. The molecular formula is C28H35F2N5O4. The standard InChI is InChI=1S/C28H35F2N5O4/c1-27(2,35-26(39)33-17-20-11-13-28(29,30)14-12-20)25(38)34-22(16-19-8-4-3-5-9-19)23(36)24(37)32-18-21-10-6-7-15-31-21/h3-10,15,20,22H,11-14,16-18H2,1-2H3,(H,32,37)(H,34,38)(H2,33,35,39)/t22-/m1/s1. The molecule has 1 heterocycles. The van der Waals surface area contributed by atoms with E-state index in [9.17, 15) is 28.0 Å². The number of aromatic nitrogens is 1. The first-order chi connectivity index (χ1) is 18.4. The molecule has 0 radical (unpaired) electrons. The Bertz CT molecular complexity index is 1140. The first-order valence-corrected chi connectivity index (χ1v) is 13.0. The predicted molar refractivity (Wildman–Crippen MR) is 141 cm³/mol. The van der Waals surface area contributed by atoms with Gasteiger partial charge in [0.15, 0.2) is 0 Å². The molecule has 11 heteroatoms. The lowest BCUT2D eigenvalue weighted by Gasteiger charge is -2.30. The molecule has 3 rings (SSSR count). The number of hydrogen-bond acceptors (Lipinski definition) is 5. The van der Waals surface area contributed by atoms with Gasteiger partial charge in [-0.05, 0) is 50.3 Å². The van der Waals surface area contributed by atoms with Crippen molar-refractivity contribution in [1.82, 2.24) is 26.3 Å². The van der Waals surface area contributed by atoms with Crippen LogP contribution in [-0.4, -0.2) is 52.7 Å². The third-order valence-electron chi connectivity index (χ3n) is 6.67. The van der Waals surface area contributed by atoms with E-state index in [2.05, 4.69) is 26.3 Å². The summed E-state index contributed by atoms with van der Waals surface area (Å²) in [5.74, 6) is -5.09. The van der Waals surface area contributed by atoms with Crippen LogP contribution < -0.4 is 21.3 Å². The van der Waals surface area contributed by atoms with E-state index in [0.29, 0.717) is 18.5 Å². The van der Waals surface area contributed by atoms with Gasteiger partial charge in [-0.3, -0.25) is 19.4 Å². The van der Waals surface area contributed by atoms with Gasteiger partial charge in [0, 0.05) is 32.0 Å². The number of pyridine rings is 1. The fourth-order valence-electron chi connectivity index (χ4n) is 4.24. The number of halogens is 2. The second-order valence-electron chi connectivity index (χ2n) is 10.3. The fraction of sp³-hybridized carbons (Fsp3) is 0.464. The first-order valence-electron chi connectivity index (χ1n) is 13.0. The largest absolute Gasteiger partial charge is 0.344 e. The van der Waals surface area contributed by atoms with Crippen LogP contribution in [-0.2, 0) is 27.3 Å². The summed E-state index contributed by atoms with van der Waals surface area (Å²) in [6.45, 7) is 3.19. The maximum Gasteiger partial charge on any atom is 0.315 e. The van der Waals surface area contributed by atoms with Crippen LogP contribution in [0, 0.1) is 5.92 Å². The highest BCUT2D eigenvalue weighted by Gasteiger charge is 2.36. The van der Waals surface area contributed by atoms with Gasteiger partial charge in [-0.1, -0.05) is 36.4 Å². The molecule has 1 aromatic carbocycles. The van der Waals surface area contributed by atoms with E-state index < -0.39 is 41.1 Å². The molecule has 1 aromatic heterocycles. The van der Waals surface area contributed by atoms with Crippen LogP contribution in [0.1, 0.15) is 50.8 Å². The third-order valence-corrected chi connectivity index (χ3v) is 6.67. The van der Waals surface area contributed by atoms with Gasteiger partial charge in [-0.15, -0.1) is 0 Å². The molecule has 0 spiro atoms. The van der Waals surface area contributed by atoms with Gasteiger partial charge < -0.3 is 21.3 Å². The third kappa shape index (κ3) is 9.42. The zero-order valence-electron chi connectivity index (χ0n) is 22.1. The summed E-state index contributed by atoms with van der Waals surface area (Å²) in [5.41, 5.74) is -0.139. The molecule has 1 fully saturated rings. The van der Waals surface area contributed by atoms with Crippen LogP contribution >= 0.6 is 0 Å². The Morgan fingerprint density at radius 2 is 1.67 bits per heavy atom. The number of carbonyl (C=O) groups is 4. The molecule has 1 aliphatic rings. The van der Waals surface area contributed by atoms with E-state index in [0.717, 1.165) is 5.56 Å². The van der Waals surface area contributed by atoms with Crippen LogP contribution in [0.5, 0.6) is 0 Å². The summed E-state index contributed by atoms with van der Waals surface area (Å²) in [7, 11) is 0. The van der Waals surface area contributed by atoms with E-state index in [-0.39, 0.29) is 38.3 Å². The summed E-state index contributed by atoms with van der Waals surface area (Å²) in [6, 6.07) is 12.3. The maximum absolute atomic E-state index is 13.4.